The van der Waals surface area contributed by atoms with E-state index in [1.807, 2.05) is 18.2 Å². The monoisotopic (exact) mass is 447 g/mol. The number of sulfone groups is 1. The summed E-state index contributed by atoms with van der Waals surface area (Å²) in [4.78, 5) is 12.9. The van der Waals surface area contributed by atoms with Crippen LogP contribution in [0.2, 0.25) is 0 Å². The zero-order valence-electron chi connectivity index (χ0n) is 16.8. The molecule has 0 bridgehead atoms. The van der Waals surface area contributed by atoms with Gasteiger partial charge in [-0.2, -0.15) is 5.26 Å². The van der Waals surface area contributed by atoms with Crippen LogP contribution in [0.3, 0.4) is 0 Å². The normalized spacial score (nSPS) is 12.2. The molecule has 0 spiro atoms. The Labute approximate surface area is 184 Å². The van der Waals surface area contributed by atoms with Crippen LogP contribution in [0.15, 0.2) is 78.0 Å². The van der Waals surface area contributed by atoms with Crippen molar-refractivity contribution >= 4 is 26.7 Å². The number of rotatable bonds is 7. The van der Waals surface area contributed by atoms with Gasteiger partial charge in [-0.25, -0.2) is 22.8 Å². The van der Waals surface area contributed by atoms with Gasteiger partial charge in [0.25, 0.3) is 0 Å². The summed E-state index contributed by atoms with van der Waals surface area (Å²) in [5, 5.41) is 11.3. The number of hydrogen-bond donors (Lipinski definition) is 1. The number of fused-ring (bicyclic) bond motifs is 1. The van der Waals surface area contributed by atoms with Crippen molar-refractivity contribution in [2.45, 2.75) is 16.6 Å². The lowest BCUT2D eigenvalue weighted by molar-refractivity contribution is 0.589. The summed E-state index contributed by atoms with van der Waals surface area (Å²) in [5.41, 5.74) is 2.03. The molecule has 1 atom stereocenters. The summed E-state index contributed by atoms with van der Waals surface area (Å²) in [5.74, 6) is -0.356. The van der Waals surface area contributed by atoms with E-state index in [0.717, 1.165) is 29.8 Å². The third-order valence-electron chi connectivity index (χ3n) is 4.84. The highest BCUT2D eigenvalue weighted by atomic mass is 32.2. The molecule has 0 aliphatic rings. The Balaban J connectivity index is 1.74. The SMILES string of the molecule is N#C[C@@H](c1nc2ccccc2nc1NCCc1cccnc1)S(=O)(=O)c1ccc(F)cc1. The highest BCUT2D eigenvalue weighted by Gasteiger charge is 2.33. The van der Waals surface area contributed by atoms with Crippen LogP contribution in [0, 0.1) is 17.1 Å². The fourth-order valence-corrected chi connectivity index (χ4v) is 4.62. The largest absolute Gasteiger partial charge is 0.368 e. The van der Waals surface area contributed by atoms with E-state index in [1.165, 1.54) is 0 Å². The second-order valence-electron chi connectivity index (χ2n) is 6.99. The Morgan fingerprint density at radius 3 is 2.38 bits per heavy atom. The molecule has 0 aliphatic carbocycles. The van der Waals surface area contributed by atoms with Crippen LogP contribution in [0.25, 0.3) is 11.0 Å². The third kappa shape index (κ3) is 4.40. The molecule has 0 saturated heterocycles. The van der Waals surface area contributed by atoms with Gasteiger partial charge in [0.15, 0.2) is 11.1 Å². The van der Waals surface area contributed by atoms with Crippen LogP contribution in [-0.4, -0.2) is 29.9 Å². The van der Waals surface area contributed by atoms with Gasteiger partial charge in [-0.05, 0) is 54.4 Å². The second kappa shape index (κ2) is 9.08. The summed E-state index contributed by atoms with van der Waals surface area (Å²) < 4.78 is 39.7. The zero-order chi connectivity index (χ0) is 22.6. The second-order valence-corrected chi connectivity index (χ2v) is 9.03. The van der Waals surface area contributed by atoms with E-state index in [4.69, 9.17) is 0 Å². The van der Waals surface area contributed by atoms with E-state index < -0.39 is 20.9 Å². The third-order valence-corrected chi connectivity index (χ3v) is 6.72. The minimum atomic E-state index is -4.17. The number of halogens is 1. The first-order valence-corrected chi connectivity index (χ1v) is 11.3. The number of nitrogens with one attached hydrogen (secondary N) is 1. The molecule has 160 valence electrons. The van der Waals surface area contributed by atoms with E-state index in [2.05, 4.69) is 20.3 Å². The molecule has 0 saturated carbocycles. The average Bonchev–Trinajstić information content (AvgIpc) is 2.80. The molecule has 1 N–H and O–H groups in total. The molecule has 0 aliphatic heterocycles. The summed E-state index contributed by atoms with van der Waals surface area (Å²) in [7, 11) is -4.17. The minimum absolute atomic E-state index is 0.00158. The smallest absolute Gasteiger partial charge is 0.200 e. The molecule has 9 heteroatoms. The Morgan fingerprint density at radius 1 is 1.00 bits per heavy atom. The first kappa shape index (κ1) is 21.3. The average molecular weight is 447 g/mol. The zero-order valence-corrected chi connectivity index (χ0v) is 17.6. The molecule has 7 nitrogen and oxygen atoms in total. The molecule has 0 fully saturated rings. The molecule has 2 heterocycles. The van der Waals surface area contributed by atoms with Crippen LogP contribution in [0.4, 0.5) is 10.2 Å². The van der Waals surface area contributed by atoms with E-state index in [0.29, 0.717) is 24.0 Å². The van der Waals surface area contributed by atoms with Crippen molar-refractivity contribution in [2.24, 2.45) is 0 Å². The van der Waals surface area contributed by atoms with Gasteiger partial charge in [0.05, 0.1) is 22.0 Å². The van der Waals surface area contributed by atoms with E-state index in [9.17, 15) is 18.1 Å². The lowest BCUT2D eigenvalue weighted by Crippen LogP contribution is -2.18. The van der Waals surface area contributed by atoms with Crippen molar-refractivity contribution in [1.29, 1.82) is 5.26 Å². The Morgan fingerprint density at radius 2 is 1.72 bits per heavy atom. The van der Waals surface area contributed by atoms with Crippen LogP contribution in [0.5, 0.6) is 0 Å². The first-order chi connectivity index (χ1) is 15.5. The summed E-state index contributed by atoms with van der Waals surface area (Å²) >= 11 is 0. The Hall–Kier alpha value is -3.90. The number of pyridine rings is 1. The highest BCUT2D eigenvalue weighted by Crippen LogP contribution is 2.32. The van der Waals surface area contributed by atoms with Gasteiger partial charge in [-0.15, -0.1) is 0 Å². The Bertz CT molecular complexity index is 1390. The van der Waals surface area contributed by atoms with Gasteiger partial charge in [0.1, 0.15) is 11.5 Å². The molecule has 32 heavy (non-hydrogen) atoms. The van der Waals surface area contributed by atoms with Gasteiger partial charge in [-0.3, -0.25) is 4.98 Å². The quantitative estimate of drug-likeness (QED) is 0.429. The van der Waals surface area contributed by atoms with Crippen molar-refractivity contribution in [3.05, 3.63) is 90.1 Å². The van der Waals surface area contributed by atoms with Gasteiger partial charge in [0, 0.05) is 18.9 Å². The number of aromatic nitrogens is 3. The first-order valence-electron chi connectivity index (χ1n) is 9.77. The predicted octanol–water partition coefficient (Wildman–Crippen LogP) is 3.86. The van der Waals surface area contributed by atoms with Crippen molar-refractivity contribution in [3.8, 4) is 6.07 Å². The summed E-state index contributed by atoms with van der Waals surface area (Å²) in [6.45, 7) is 0.431. The van der Waals surface area contributed by atoms with Crippen LogP contribution in [0.1, 0.15) is 16.5 Å². The van der Waals surface area contributed by atoms with E-state index in [-0.39, 0.29) is 16.4 Å². The van der Waals surface area contributed by atoms with Crippen molar-refractivity contribution in [2.75, 3.05) is 11.9 Å². The van der Waals surface area contributed by atoms with Crippen LogP contribution in [-0.2, 0) is 16.3 Å². The molecule has 2 aromatic heterocycles. The fraction of sp³-hybridized carbons (Fsp3) is 0.130. The van der Waals surface area contributed by atoms with Crippen molar-refractivity contribution in [3.63, 3.8) is 0 Å². The lowest BCUT2D eigenvalue weighted by Gasteiger charge is -2.16. The predicted molar refractivity (Wildman–Crippen MR) is 118 cm³/mol. The van der Waals surface area contributed by atoms with Gasteiger partial charge in [-0.1, -0.05) is 18.2 Å². The van der Waals surface area contributed by atoms with Crippen LogP contribution >= 0.6 is 0 Å². The maximum atomic E-state index is 13.3. The maximum Gasteiger partial charge on any atom is 0.200 e. The number of hydrogen-bond acceptors (Lipinski definition) is 7. The molecule has 4 aromatic rings. The molecular formula is C23H18FN5O2S. The summed E-state index contributed by atoms with van der Waals surface area (Å²) in [6.07, 6.45) is 4.04. The van der Waals surface area contributed by atoms with Gasteiger partial charge in [0.2, 0.25) is 9.84 Å². The molecular weight excluding hydrogens is 429 g/mol. The van der Waals surface area contributed by atoms with Crippen molar-refractivity contribution in [1.82, 2.24) is 15.0 Å². The Kier molecular flexibility index (Phi) is 6.05. The number of nitriles is 1. The standard InChI is InChI=1S/C23H18FN5O2S/c24-17-7-9-18(10-8-17)32(30,31)21(14-25)22-23(27-13-11-16-4-3-12-26-15-16)29-20-6-2-1-5-19(20)28-22/h1-10,12,15,21H,11,13H2,(H,27,29)/t21-/m0/s1. The molecule has 2 aromatic carbocycles. The van der Waals surface area contributed by atoms with E-state index >= 15 is 0 Å². The van der Waals surface area contributed by atoms with E-state index in [1.54, 1.807) is 36.7 Å². The number of benzene rings is 2. The number of nitrogens with zero attached hydrogens (tertiary/aromatic N) is 4. The topological polar surface area (TPSA) is 109 Å². The van der Waals surface area contributed by atoms with Crippen LogP contribution < -0.4 is 5.32 Å². The molecule has 0 amide bonds. The van der Waals surface area contributed by atoms with Crippen molar-refractivity contribution < 1.29 is 12.8 Å². The molecule has 4 rings (SSSR count). The lowest BCUT2D eigenvalue weighted by atomic mass is 10.2. The van der Waals surface area contributed by atoms with Gasteiger partial charge < -0.3 is 5.32 Å². The number of anilines is 1. The molecule has 0 radical (unpaired) electrons. The minimum Gasteiger partial charge on any atom is -0.368 e. The van der Waals surface area contributed by atoms with Gasteiger partial charge >= 0.3 is 0 Å². The molecule has 0 unspecified atom stereocenters. The maximum absolute atomic E-state index is 13.3. The summed E-state index contributed by atoms with van der Waals surface area (Å²) in [6, 6.07) is 17.0. The number of para-hydroxylation sites is 2. The highest BCUT2D eigenvalue weighted by molar-refractivity contribution is 7.92. The fourth-order valence-electron chi connectivity index (χ4n) is 3.24.